The van der Waals surface area contributed by atoms with Gasteiger partial charge in [0.2, 0.25) is 10.0 Å². The van der Waals surface area contributed by atoms with E-state index in [0.29, 0.717) is 12.1 Å². The van der Waals surface area contributed by atoms with Crippen LogP contribution >= 0.6 is 0 Å². The number of nitrogens with one attached hydrogen (secondary N) is 3. The van der Waals surface area contributed by atoms with Gasteiger partial charge in [0.25, 0.3) is 5.91 Å². The average molecular weight is 354 g/mol. The van der Waals surface area contributed by atoms with Crippen molar-refractivity contribution in [3.8, 4) is 0 Å². The first kappa shape index (κ1) is 18.9. The molecule has 0 unspecified atom stereocenters. The number of carbonyl (C=O) groups excluding carboxylic acids is 1. The van der Waals surface area contributed by atoms with Gasteiger partial charge < -0.3 is 10.2 Å². The molecule has 1 fully saturated rings. The Kier molecular flexibility index (Phi) is 6.01. The minimum Gasteiger partial charge on any atom is -0.346 e. The van der Waals surface area contributed by atoms with Crippen molar-refractivity contribution >= 4 is 15.9 Å². The van der Waals surface area contributed by atoms with Crippen LogP contribution in [0.15, 0.2) is 29.2 Å². The zero-order valence-corrected chi connectivity index (χ0v) is 15.5. The molecule has 0 bridgehead atoms. The highest BCUT2D eigenvalue weighted by Gasteiger charge is 2.32. The van der Waals surface area contributed by atoms with Gasteiger partial charge in [-0.3, -0.25) is 4.79 Å². The fraction of sp³-hybridized carbons (Fsp3) is 0.588. The van der Waals surface area contributed by atoms with Crippen molar-refractivity contribution < 1.29 is 18.1 Å². The molecule has 0 aliphatic carbocycles. The van der Waals surface area contributed by atoms with Crippen molar-refractivity contribution in [3.63, 3.8) is 0 Å². The molecular weight excluding hydrogens is 326 g/mol. The van der Waals surface area contributed by atoms with Crippen LogP contribution in [0.4, 0.5) is 0 Å². The van der Waals surface area contributed by atoms with Crippen LogP contribution in [-0.2, 0) is 10.0 Å². The maximum atomic E-state index is 12.4. The topological polar surface area (TPSA) is 79.7 Å². The molecule has 3 N–H and O–H groups in total. The van der Waals surface area contributed by atoms with E-state index in [9.17, 15) is 13.2 Å². The van der Waals surface area contributed by atoms with Gasteiger partial charge in [0.1, 0.15) is 5.54 Å². The van der Waals surface area contributed by atoms with Gasteiger partial charge >= 0.3 is 0 Å². The SMILES string of the molecule is CNS(=O)(=O)c1cccc(C(=O)NCC(C)(C)[NH+]2CCCCC2)c1. The zero-order valence-electron chi connectivity index (χ0n) is 14.7. The first-order valence-electron chi connectivity index (χ1n) is 8.43. The van der Waals surface area contributed by atoms with Crippen molar-refractivity contribution in [1.29, 1.82) is 0 Å². The van der Waals surface area contributed by atoms with Gasteiger partial charge in [0.15, 0.2) is 0 Å². The first-order chi connectivity index (χ1) is 11.3. The lowest BCUT2D eigenvalue weighted by Gasteiger charge is -2.37. The molecule has 7 heteroatoms. The van der Waals surface area contributed by atoms with Gasteiger partial charge in [-0.2, -0.15) is 0 Å². The number of quaternary nitrogens is 1. The van der Waals surface area contributed by atoms with E-state index in [1.54, 1.807) is 12.1 Å². The predicted octanol–water partition coefficient (Wildman–Crippen LogP) is 0.172. The third-order valence-corrected chi connectivity index (χ3v) is 6.19. The molecule has 1 aromatic carbocycles. The van der Waals surface area contributed by atoms with Gasteiger partial charge in [-0.1, -0.05) is 6.07 Å². The average Bonchev–Trinajstić information content (AvgIpc) is 2.60. The molecule has 1 aliphatic heterocycles. The monoisotopic (exact) mass is 354 g/mol. The number of likely N-dealkylation sites (tertiary alicyclic amines) is 1. The van der Waals surface area contributed by atoms with Crippen LogP contribution in [0.1, 0.15) is 43.5 Å². The predicted molar refractivity (Wildman–Crippen MR) is 93.6 cm³/mol. The Morgan fingerprint density at radius 2 is 1.88 bits per heavy atom. The number of piperidine rings is 1. The van der Waals surface area contributed by atoms with Gasteiger partial charge in [-0.15, -0.1) is 0 Å². The van der Waals surface area contributed by atoms with Gasteiger partial charge in [0, 0.05) is 5.56 Å². The summed E-state index contributed by atoms with van der Waals surface area (Å²) in [6.07, 6.45) is 3.76. The zero-order chi connectivity index (χ0) is 17.8. The molecule has 1 saturated heterocycles. The quantitative estimate of drug-likeness (QED) is 0.681. The Morgan fingerprint density at radius 3 is 2.50 bits per heavy atom. The second-order valence-corrected chi connectivity index (χ2v) is 8.85. The maximum absolute atomic E-state index is 12.4. The van der Waals surface area contributed by atoms with Crippen LogP contribution in [0.3, 0.4) is 0 Å². The summed E-state index contributed by atoms with van der Waals surface area (Å²) in [6, 6.07) is 6.09. The summed E-state index contributed by atoms with van der Waals surface area (Å²) in [7, 11) is -2.20. The van der Waals surface area contributed by atoms with E-state index in [2.05, 4.69) is 23.9 Å². The largest absolute Gasteiger partial charge is 0.346 e. The molecule has 1 heterocycles. The minimum absolute atomic E-state index is 0.0370. The van der Waals surface area contributed by atoms with E-state index in [-0.39, 0.29) is 16.3 Å². The van der Waals surface area contributed by atoms with E-state index in [1.165, 1.54) is 43.3 Å². The summed E-state index contributed by atoms with van der Waals surface area (Å²) < 4.78 is 26.0. The summed E-state index contributed by atoms with van der Waals surface area (Å²) >= 11 is 0. The molecule has 0 saturated carbocycles. The van der Waals surface area contributed by atoms with Gasteiger partial charge in [0.05, 0.1) is 24.5 Å². The Balaban J connectivity index is 2.03. The lowest BCUT2D eigenvalue weighted by Crippen LogP contribution is -3.20. The van der Waals surface area contributed by atoms with Gasteiger partial charge in [-0.25, -0.2) is 13.1 Å². The Bertz CT molecular complexity index is 680. The second-order valence-electron chi connectivity index (χ2n) is 6.97. The van der Waals surface area contributed by atoms with E-state index in [1.807, 2.05) is 0 Å². The summed E-state index contributed by atoms with van der Waals surface area (Å²) in [5.74, 6) is -0.243. The van der Waals surface area contributed by atoms with Crippen LogP contribution in [0, 0.1) is 0 Å². The lowest BCUT2D eigenvalue weighted by atomic mass is 9.98. The van der Waals surface area contributed by atoms with Crippen LogP contribution in [0.5, 0.6) is 0 Å². The highest BCUT2D eigenvalue weighted by Crippen LogP contribution is 2.11. The highest BCUT2D eigenvalue weighted by atomic mass is 32.2. The van der Waals surface area contributed by atoms with Crippen molar-refractivity contribution in [1.82, 2.24) is 10.0 Å². The van der Waals surface area contributed by atoms with Crippen LogP contribution in [0.25, 0.3) is 0 Å². The number of sulfonamides is 1. The Morgan fingerprint density at radius 1 is 1.21 bits per heavy atom. The van der Waals surface area contributed by atoms with Crippen molar-refractivity contribution in [2.24, 2.45) is 0 Å². The number of amides is 1. The van der Waals surface area contributed by atoms with E-state index < -0.39 is 10.0 Å². The van der Waals surface area contributed by atoms with E-state index in [4.69, 9.17) is 0 Å². The third-order valence-electron chi connectivity index (χ3n) is 4.78. The molecule has 0 aromatic heterocycles. The molecule has 2 rings (SSSR count). The minimum atomic E-state index is -3.55. The fourth-order valence-electron chi connectivity index (χ4n) is 3.11. The van der Waals surface area contributed by atoms with Crippen LogP contribution in [0.2, 0.25) is 0 Å². The number of benzene rings is 1. The van der Waals surface area contributed by atoms with E-state index >= 15 is 0 Å². The van der Waals surface area contributed by atoms with Crippen molar-refractivity contribution in [2.45, 2.75) is 43.5 Å². The first-order valence-corrected chi connectivity index (χ1v) is 9.91. The molecule has 0 radical (unpaired) electrons. The second kappa shape index (κ2) is 7.63. The van der Waals surface area contributed by atoms with Crippen LogP contribution < -0.4 is 14.9 Å². The summed E-state index contributed by atoms with van der Waals surface area (Å²) in [6.45, 7) is 7.16. The third kappa shape index (κ3) is 4.55. The summed E-state index contributed by atoms with van der Waals surface area (Å²) in [4.78, 5) is 14.0. The standard InChI is InChI=1S/C17H27N3O3S/c1-17(2,20-10-5-4-6-11-20)13-19-16(21)14-8-7-9-15(12-14)24(22,23)18-3/h7-9,12,18H,4-6,10-11,13H2,1-3H3,(H,19,21)/p+1. The number of hydrogen-bond donors (Lipinski definition) is 3. The maximum Gasteiger partial charge on any atom is 0.251 e. The smallest absolute Gasteiger partial charge is 0.251 e. The molecule has 1 aromatic rings. The van der Waals surface area contributed by atoms with Crippen molar-refractivity contribution in [3.05, 3.63) is 29.8 Å². The van der Waals surface area contributed by atoms with Crippen LogP contribution in [-0.4, -0.2) is 46.5 Å². The molecular formula is C17H28N3O3S+. The Hall–Kier alpha value is -1.44. The molecule has 6 nitrogen and oxygen atoms in total. The summed E-state index contributed by atoms with van der Waals surface area (Å²) in [5.41, 5.74) is 0.320. The molecule has 1 aliphatic rings. The van der Waals surface area contributed by atoms with E-state index in [0.717, 1.165) is 13.1 Å². The highest BCUT2D eigenvalue weighted by molar-refractivity contribution is 7.89. The van der Waals surface area contributed by atoms with Gasteiger partial charge in [-0.05, 0) is 58.4 Å². The molecule has 134 valence electrons. The normalized spacial score (nSPS) is 16.8. The fourth-order valence-corrected chi connectivity index (χ4v) is 3.88. The molecule has 24 heavy (non-hydrogen) atoms. The Labute approximate surface area is 144 Å². The number of hydrogen-bond acceptors (Lipinski definition) is 3. The molecule has 0 atom stereocenters. The molecule has 0 spiro atoms. The number of rotatable bonds is 6. The van der Waals surface area contributed by atoms with Crippen molar-refractivity contribution in [2.75, 3.05) is 26.7 Å². The number of carbonyl (C=O) groups is 1. The lowest BCUT2D eigenvalue weighted by molar-refractivity contribution is -0.951. The molecule has 1 amide bonds. The summed E-state index contributed by atoms with van der Waals surface area (Å²) in [5, 5.41) is 2.96.